The van der Waals surface area contributed by atoms with Crippen molar-refractivity contribution >= 4 is 28.2 Å². The Hall–Kier alpha value is -2.17. The average molecular weight is 527 g/mol. The lowest BCUT2D eigenvalue weighted by Gasteiger charge is -2.39. The Morgan fingerprint density at radius 3 is 2.11 bits per heavy atom. The molecule has 0 spiro atoms. The molecule has 1 fully saturated rings. The Morgan fingerprint density at radius 2 is 1.60 bits per heavy atom. The highest BCUT2D eigenvalue weighted by atomic mass is 35.5. The number of nitrogens with one attached hydrogen (secondary N) is 1. The standard InChI is InChI=1S/C25H34N2O6S.ClH/c1-3-4-18-33-22-9-5-20(6-10-22)21-7-11-23(12-8-21)34(30,31)25(24(28)26-29)13-15-27(16-14-25)17-19-32-2;/h5-12,29H,3-4,13-19H2,1-2H3,(H,26,28);1H. The summed E-state index contributed by atoms with van der Waals surface area (Å²) in [4.78, 5) is 14.8. The number of halogens is 1. The highest BCUT2D eigenvalue weighted by molar-refractivity contribution is 7.93. The van der Waals surface area contributed by atoms with E-state index in [0.29, 0.717) is 32.8 Å². The fourth-order valence-electron chi connectivity index (χ4n) is 4.21. The molecule has 0 unspecified atom stereocenters. The highest BCUT2D eigenvalue weighted by Crippen LogP contribution is 2.36. The maximum Gasteiger partial charge on any atom is 0.265 e. The highest BCUT2D eigenvalue weighted by Gasteiger charge is 2.52. The van der Waals surface area contributed by atoms with Crippen molar-refractivity contribution < 1.29 is 27.9 Å². The molecule has 194 valence electrons. The van der Waals surface area contributed by atoms with Gasteiger partial charge in [0.15, 0.2) is 14.6 Å². The van der Waals surface area contributed by atoms with Gasteiger partial charge in [0.1, 0.15) is 5.75 Å². The number of likely N-dealkylation sites (tertiary alicyclic amines) is 1. The third-order valence-electron chi connectivity index (χ3n) is 6.42. The summed E-state index contributed by atoms with van der Waals surface area (Å²) >= 11 is 0. The average Bonchev–Trinajstić information content (AvgIpc) is 2.88. The Morgan fingerprint density at radius 1 is 1.03 bits per heavy atom. The molecular formula is C25H35ClN2O6S. The summed E-state index contributed by atoms with van der Waals surface area (Å²) in [6, 6.07) is 14.2. The lowest BCUT2D eigenvalue weighted by molar-refractivity contribution is -0.133. The second-order valence-electron chi connectivity index (χ2n) is 8.52. The van der Waals surface area contributed by atoms with Gasteiger partial charge >= 0.3 is 0 Å². The molecular weight excluding hydrogens is 492 g/mol. The summed E-state index contributed by atoms with van der Waals surface area (Å²) in [6.45, 7) is 4.81. The maximum absolute atomic E-state index is 13.6. The molecule has 2 aromatic rings. The first-order valence-electron chi connectivity index (χ1n) is 11.6. The monoisotopic (exact) mass is 526 g/mol. The fraction of sp³-hybridized carbons (Fsp3) is 0.480. The lowest BCUT2D eigenvalue weighted by Crippen LogP contribution is -2.58. The number of carbonyl (C=O) groups is 1. The largest absolute Gasteiger partial charge is 0.494 e. The maximum atomic E-state index is 13.6. The van der Waals surface area contributed by atoms with E-state index >= 15 is 0 Å². The van der Waals surface area contributed by atoms with Gasteiger partial charge in [0.05, 0.1) is 18.1 Å². The van der Waals surface area contributed by atoms with Crippen LogP contribution in [0.2, 0.25) is 0 Å². The second kappa shape index (κ2) is 13.2. The summed E-state index contributed by atoms with van der Waals surface area (Å²) in [7, 11) is -2.44. The number of benzene rings is 2. The minimum Gasteiger partial charge on any atom is -0.494 e. The summed E-state index contributed by atoms with van der Waals surface area (Å²) < 4.78 is 36.3. The first kappa shape index (κ1) is 29.1. The first-order valence-corrected chi connectivity index (χ1v) is 13.1. The van der Waals surface area contributed by atoms with E-state index in [9.17, 15) is 18.4 Å². The minimum absolute atomic E-state index is 0. The van der Waals surface area contributed by atoms with E-state index in [1.807, 2.05) is 24.3 Å². The van der Waals surface area contributed by atoms with E-state index < -0.39 is 20.5 Å². The molecule has 10 heteroatoms. The third-order valence-corrected chi connectivity index (χ3v) is 8.94. The van der Waals surface area contributed by atoms with Crippen LogP contribution in [-0.4, -0.2) is 69.1 Å². The van der Waals surface area contributed by atoms with E-state index in [2.05, 4.69) is 11.8 Å². The third kappa shape index (κ3) is 6.54. The van der Waals surface area contributed by atoms with Gasteiger partial charge in [0, 0.05) is 26.7 Å². The summed E-state index contributed by atoms with van der Waals surface area (Å²) in [5, 5.41) is 9.35. The van der Waals surface area contributed by atoms with Gasteiger partial charge in [0.2, 0.25) is 0 Å². The number of methoxy groups -OCH3 is 1. The van der Waals surface area contributed by atoms with Crippen molar-refractivity contribution in [3.8, 4) is 16.9 Å². The zero-order chi connectivity index (χ0) is 24.6. The van der Waals surface area contributed by atoms with E-state index in [1.165, 1.54) is 12.1 Å². The molecule has 0 bridgehead atoms. The molecule has 35 heavy (non-hydrogen) atoms. The van der Waals surface area contributed by atoms with Gasteiger partial charge < -0.3 is 14.4 Å². The van der Waals surface area contributed by atoms with E-state index in [0.717, 1.165) is 29.7 Å². The van der Waals surface area contributed by atoms with Crippen LogP contribution in [0.3, 0.4) is 0 Å². The number of rotatable bonds is 11. The zero-order valence-corrected chi connectivity index (χ0v) is 21.9. The molecule has 1 aliphatic rings. The zero-order valence-electron chi connectivity index (χ0n) is 20.2. The normalized spacial score (nSPS) is 15.7. The molecule has 1 saturated heterocycles. The summed E-state index contributed by atoms with van der Waals surface area (Å²) in [6.07, 6.45) is 2.25. The number of ether oxygens (including phenoxy) is 2. The van der Waals surface area contributed by atoms with Gasteiger partial charge in [-0.05, 0) is 54.7 Å². The molecule has 0 aromatic heterocycles. The van der Waals surface area contributed by atoms with Crippen molar-refractivity contribution in [1.82, 2.24) is 10.4 Å². The minimum atomic E-state index is -4.05. The number of hydroxylamine groups is 1. The number of hydrogen-bond acceptors (Lipinski definition) is 7. The van der Waals surface area contributed by atoms with Crippen molar-refractivity contribution in [1.29, 1.82) is 0 Å². The summed E-state index contributed by atoms with van der Waals surface area (Å²) in [5.41, 5.74) is 3.38. The quantitative estimate of drug-likeness (QED) is 0.261. The number of hydrogen-bond donors (Lipinski definition) is 2. The van der Waals surface area contributed by atoms with Gasteiger partial charge in [-0.2, -0.15) is 0 Å². The number of unbranched alkanes of at least 4 members (excludes halogenated alkanes) is 1. The van der Waals surface area contributed by atoms with Crippen molar-refractivity contribution in [2.24, 2.45) is 0 Å². The van der Waals surface area contributed by atoms with Crippen molar-refractivity contribution in [3.63, 3.8) is 0 Å². The van der Waals surface area contributed by atoms with Crippen molar-refractivity contribution in [2.45, 2.75) is 42.2 Å². The predicted molar refractivity (Wildman–Crippen MR) is 137 cm³/mol. The number of amides is 1. The van der Waals surface area contributed by atoms with Crippen molar-refractivity contribution in [3.05, 3.63) is 48.5 Å². The van der Waals surface area contributed by atoms with E-state index in [1.54, 1.807) is 24.7 Å². The number of nitrogens with zero attached hydrogens (tertiary/aromatic N) is 1. The molecule has 0 radical (unpaired) electrons. The molecule has 1 amide bonds. The fourth-order valence-corrected chi connectivity index (χ4v) is 6.16. The lowest BCUT2D eigenvalue weighted by atomic mass is 9.95. The van der Waals surface area contributed by atoms with Crippen LogP contribution in [0.1, 0.15) is 32.6 Å². The van der Waals surface area contributed by atoms with Crippen LogP contribution in [0.5, 0.6) is 5.75 Å². The molecule has 2 aromatic carbocycles. The topological polar surface area (TPSA) is 105 Å². The van der Waals surface area contributed by atoms with Gasteiger partial charge in [-0.25, -0.2) is 13.9 Å². The molecule has 0 atom stereocenters. The molecule has 0 saturated carbocycles. The molecule has 2 N–H and O–H groups in total. The van der Waals surface area contributed by atoms with Gasteiger partial charge in [-0.3, -0.25) is 10.0 Å². The molecule has 1 aliphatic heterocycles. The van der Waals surface area contributed by atoms with Crippen LogP contribution in [0.4, 0.5) is 0 Å². The van der Waals surface area contributed by atoms with Crippen LogP contribution in [-0.2, 0) is 19.4 Å². The number of carbonyl (C=O) groups excluding carboxylic acids is 1. The number of piperidine rings is 1. The molecule has 0 aliphatic carbocycles. The van der Waals surface area contributed by atoms with Crippen molar-refractivity contribution in [2.75, 3.05) is 40.0 Å². The molecule has 1 heterocycles. The van der Waals surface area contributed by atoms with E-state index in [-0.39, 0.29) is 30.1 Å². The Labute approximate surface area is 213 Å². The van der Waals surface area contributed by atoms with Crippen LogP contribution in [0, 0.1) is 0 Å². The number of sulfone groups is 1. The van der Waals surface area contributed by atoms with Gasteiger partial charge in [0.25, 0.3) is 5.91 Å². The van der Waals surface area contributed by atoms with Gasteiger partial charge in [-0.1, -0.05) is 37.6 Å². The smallest absolute Gasteiger partial charge is 0.265 e. The first-order chi connectivity index (χ1) is 16.4. The summed E-state index contributed by atoms with van der Waals surface area (Å²) in [5.74, 6) is -0.0909. The molecule has 8 nitrogen and oxygen atoms in total. The Bertz CT molecular complexity index is 1040. The van der Waals surface area contributed by atoms with Crippen LogP contribution < -0.4 is 10.2 Å². The Balaban J connectivity index is 0.00000432. The Kier molecular flexibility index (Phi) is 11.0. The second-order valence-corrected chi connectivity index (χ2v) is 10.8. The predicted octanol–water partition coefficient (Wildman–Crippen LogP) is 3.71. The van der Waals surface area contributed by atoms with E-state index in [4.69, 9.17) is 9.47 Å². The van der Waals surface area contributed by atoms with Crippen LogP contribution >= 0.6 is 12.4 Å². The van der Waals surface area contributed by atoms with Crippen LogP contribution in [0.25, 0.3) is 11.1 Å². The molecule has 3 rings (SSSR count). The SMILES string of the molecule is CCCCOc1ccc(-c2ccc(S(=O)(=O)C3(C(=O)NO)CCN(CCOC)CC3)cc2)cc1.Cl. The van der Waals surface area contributed by atoms with Crippen LogP contribution in [0.15, 0.2) is 53.4 Å². The van der Waals surface area contributed by atoms with Gasteiger partial charge in [-0.15, -0.1) is 12.4 Å².